The quantitative estimate of drug-likeness (QED) is 0.785. The Balaban J connectivity index is 2.74. The number of nitrogens with zero attached hydrogens (tertiary/aromatic N) is 2. The Labute approximate surface area is 134 Å². The average Bonchev–Trinajstić information content (AvgIpc) is 2.50. The van der Waals surface area contributed by atoms with Crippen LogP contribution in [-0.4, -0.2) is 69.6 Å². The van der Waals surface area contributed by atoms with Gasteiger partial charge >= 0.3 is 0 Å². The minimum absolute atomic E-state index is 0.0989. The number of hydrogen-bond donors (Lipinski definition) is 1. The Morgan fingerprint density at radius 2 is 1.77 bits per heavy atom. The summed E-state index contributed by atoms with van der Waals surface area (Å²) in [4.78, 5) is 16.2. The van der Waals surface area contributed by atoms with E-state index < -0.39 is 0 Å². The number of nitrogens with one attached hydrogen (secondary N) is 1. The molecule has 0 aliphatic rings. The minimum Gasteiger partial charge on any atom is -0.497 e. The summed E-state index contributed by atoms with van der Waals surface area (Å²) in [6.45, 7) is 2.91. The SMILES string of the molecule is COc1ccc(CC(NCC(C)N(C)C)C(=O)N(C)C)cc1. The largest absolute Gasteiger partial charge is 0.497 e. The summed E-state index contributed by atoms with van der Waals surface area (Å²) < 4.78 is 5.17. The third kappa shape index (κ3) is 5.66. The van der Waals surface area contributed by atoms with Gasteiger partial charge in [-0.3, -0.25) is 4.79 Å². The molecule has 1 rings (SSSR count). The number of amides is 1. The maximum Gasteiger partial charge on any atom is 0.239 e. The van der Waals surface area contributed by atoms with Gasteiger partial charge in [-0.2, -0.15) is 0 Å². The molecule has 0 heterocycles. The highest BCUT2D eigenvalue weighted by atomic mass is 16.5. The monoisotopic (exact) mass is 307 g/mol. The van der Waals surface area contributed by atoms with Crippen LogP contribution >= 0.6 is 0 Å². The van der Waals surface area contributed by atoms with Gasteiger partial charge in [-0.05, 0) is 45.1 Å². The van der Waals surface area contributed by atoms with E-state index in [1.807, 2.05) is 38.4 Å². The third-order valence-electron chi connectivity index (χ3n) is 3.88. The Bertz CT molecular complexity index is 457. The second-order valence-electron chi connectivity index (χ2n) is 6.06. The molecule has 0 fully saturated rings. The predicted molar refractivity (Wildman–Crippen MR) is 90.3 cm³/mol. The Morgan fingerprint density at radius 1 is 1.18 bits per heavy atom. The van der Waals surface area contributed by atoms with Crippen molar-refractivity contribution in [3.63, 3.8) is 0 Å². The van der Waals surface area contributed by atoms with Crippen molar-refractivity contribution in [2.75, 3.05) is 41.8 Å². The van der Waals surface area contributed by atoms with Crippen LogP contribution in [0.1, 0.15) is 12.5 Å². The van der Waals surface area contributed by atoms with Crippen molar-refractivity contribution in [3.05, 3.63) is 29.8 Å². The van der Waals surface area contributed by atoms with E-state index >= 15 is 0 Å². The maximum absolute atomic E-state index is 12.4. The lowest BCUT2D eigenvalue weighted by Crippen LogP contribution is -2.48. The van der Waals surface area contributed by atoms with Gasteiger partial charge in [0.1, 0.15) is 5.75 Å². The molecule has 1 aromatic carbocycles. The molecule has 5 nitrogen and oxygen atoms in total. The highest BCUT2D eigenvalue weighted by Gasteiger charge is 2.21. The molecule has 2 atom stereocenters. The summed E-state index contributed by atoms with van der Waals surface area (Å²) in [6, 6.07) is 8.01. The van der Waals surface area contributed by atoms with Crippen LogP contribution in [0.25, 0.3) is 0 Å². The summed E-state index contributed by atoms with van der Waals surface area (Å²) in [5, 5.41) is 3.39. The van der Waals surface area contributed by atoms with Gasteiger partial charge in [0.2, 0.25) is 5.91 Å². The number of likely N-dealkylation sites (N-methyl/N-ethyl adjacent to an activating group) is 2. The number of carbonyl (C=O) groups is 1. The van der Waals surface area contributed by atoms with E-state index in [-0.39, 0.29) is 11.9 Å². The molecule has 0 aliphatic carbocycles. The molecule has 0 spiro atoms. The molecule has 2 unspecified atom stereocenters. The van der Waals surface area contributed by atoms with Crippen LogP contribution in [0, 0.1) is 0 Å². The van der Waals surface area contributed by atoms with E-state index in [2.05, 4.69) is 17.1 Å². The lowest BCUT2D eigenvalue weighted by Gasteiger charge is -2.26. The summed E-state index contributed by atoms with van der Waals surface area (Å²) in [6.07, 6.45) is 0.668. The van der Waals surface area contributed by atoms with Gasteiger partial charge in [0.25, 0.3) is 0 Å². The first-order chi connectivity index (χ1) is 10.3. The molecule has 1 amide bonds. The lowest BCUT2D eigenvalue weighted by molar-refractivity contribution is -0.130. The zero-order chi connectivity index (χ0) is 16.7. The van der Waals surface area contributed by atoms with E-state index in [0.717, 1.165) is 17.9 Å². The summed E-state index contributed by atoms with van der Waals surface area (Å²) in [5.41, 5.74) is 1.12. The van der Waals surface area contributed by atoms with Gasteiger partial charge < -0.3 is 19.9 Å². The Kier molecular flexibility index (Phi) is 7.35. The van der Waals surface area contributed by atoms with Crippen LogP contribution in [0.5, 0.6) is 5.75 Å². The van der Waals surface area contributed by atoms with E-state index in [0.29, 0.717) is 12.5 Å². The smallest absolute Gasteiger partial charge is 0.239 e. The lowest BCUT2D eigenvalue weighted by atomic mass is 10.0. The number of ether oxygens (including phenoxy) is 1. The maximum atomic E-state index is 12.4. The average molecular weight is 307 g/mol. The molecule has 0 radical (unpaired) electrons. The molecule has 5 heteroatoms. The van der Waals surface area contributed by atoms with Crippen molar-refractivity contribution in [2.24, 2.45) is 0 Å². The first-order valence-electron chi connectivity index (χ1n) is 7.59. The molecule has 0 aliphatic heterocycles. The van der Waals surface area contributed by atoms with Crippen molar-refractivity contribution in [3.8, 4) is 5.75 Å². The van der Waals surface area contributed by atoms with Crippen molar-refractivity contribution in [2.45, 2.75) is 25.4 Å². The summed E-state index contributed by atoms with van der Waals surface area (Å²) >= 11 is 0. The van der Waals surface area contributed by atoms with E-state index in [4.69, 9.17) is 4.74 Å². The Morgan fingerprint density at radius 3 is 2.23 bits per heavy atom. The van der Waals surface area contributed by atoms with Gasteiger partial charge in [-0.25, -0.2) is 0 Å². The number of methoxy groups -OCH3 is 1. The van der Waals surface area contributed by atoms with Crippen molar-refractivity contribution in [1.29, 1.82) is 0 Å². The molecule has 0 bridgehead atoms. The van der Waals surface area contributed by atoms with Gasteiger partial charge in [0.15, 0.2) is 0 Å². The molecule has 0 aromatic heterocycles. The zero-order valence-corrected chi connectivity index (χ0v) is 14.6. The number of benzene rings is 1. The van der Waals surface area contributed by atoms with Crippen LogP contribution in [0.15, 0.2) is 24.3 Å². The van der Waals surface area contributed by atoms with Gasteiger partial charge in [-0.15, -0.1) is 0 Å². The fraction of sp³-hybridized carbons (Fsp3) is 0.588. The van der Waals surface area contributed by atoms with Crippen LogP contribution < -0.4 is 10.1 Å². The van der Waals surface area contributed by atoms with Crippen LogP contribution in [0.3, 0.4) is 0 Å². The first-order valence-corrected chi connectivity index (χ1v) is 7.59. The van der Waals surface area contributed by atoms with Crippen LogP contribution in [0.2, 0.25) is 0 Å². The second kappa shape index (κ2) is 8.76. The highest BCUT2D eigenvalue weighted by molar-refractivity contribution is 5.81. The van der Waals surface area contributed by atoms with E-state index in [1.165, 1.54) is 0 Å². The molecule has 1 N–H and O–H groups in total. The van der Waals surface area contributed by atoms with Crippen LogP contribution in [-0.2, 0) is 11.2 Å². The normalized spacial score (nSPS) is 13.8. The minimum atomic E-state index is -0.217. The predicted octanol–water partition coefficient (Wildman–Crippen LogP) is 1.23. The van der Waals surface area contributed by atoms with Gasteiger partial charge in [0, 0.05) is 26.7 Å². The Hall–Kier alpha value is -1.59. The number of carbonyl (C=O) groups excluding carboxylic acids is 1. The van der Waals surface area contributed by atoms with Crippen molar-refractivity contribution in [1.82, 2.24) is 15.1 Å². The van der Waals surface area contributed by atoms with E-state index in [9.17, 15) is 4.79 Å². The fourth-order valence-electron chi connectivity index (χ4n) is 2.05. The van der Waals surface area contributed by atoms with Crippen molar-refractivity contribution >= 4 is 5.91 Å². The van der Waals surface area contributed by atoms with Gasteiger partial charge in [0.05, 0.1) is 13.2 Å². The standard InChI is InChI=1S/C17H29N3O2/c1-13(19(2)3)12-18-16(17(21)20(4)5)11-14-7-9-15(22-6)10-8-14/h7-10,13,16,18H,11-12H2,1-6H3. The van der Waals surface area contributed by atoms with E-state index in [1.54, 1.807) is 26.1 Å². The molecular formula is C17H29N3O2. The molecule has 0 saturated carbocycles. The molecule has 22 heavy (non-hydrogen) atoms. The third-order valence-corrected chi connectivity index (χ3v) is 3.88. The molecule has 124 valence electrons. The van der Waals surface area contributed by atoms with Crippen LogP contribution in [0.4, 0.5) is 0 Å². The summed E-state index contributed by atoms with van der Waals surface area (Å²) in [7, 11) is 9.32. The highest BCUT2D eigenvalue weighted by Crippen LogP contribution is 2.13. The topological polar surface area (TPSA) is 44.8 Å². The molecular weight excluding hydrogens is 278 g/mol. The second-order valence-corrected chi connectivity index (χ2v) is 6.06. The fourth-order valence-corrected chi connectivity index (χ4v) is 2.05. The van der Waals surface area contributed by atoms with Gasteiger partial charge in [-0.1, -0.05) is 12.1 Å². The summed E-state index contributed by atoms with van der Waals surface area (Å²) in [5.74, 6) is 0.926. The zero-order valence-electron chi connectivity index (χ0n) is 14.6. The van der Waals surface area contributed by atoms with Crippen molar-refractivity contribution < 1.29 is 9.53 Å². The molecule has 1 aromatic rings. The molecule has 0 saturated heterocycles. The first kappa shape index (κ1) is 18.5. The number of rotatable bonds is 8. The number of hydrogen-bond acceptors (Lipinski definition) is 4.